The first-order valence-electron chi connectivity index (χ1n) is 12.2. The van der Waals surface area contributed by atoms with Crippen molar-refractivity contribution in [3.05, 3.63) is 117 Å². The van der Waals surface area contributed by atoms with E-state index in [4.69, 9.17) is 37.4 Å². The van der Waals surface area contributed by atoms with Gasteiger partial charge in [0.1, 0.15) is 28.1 Å². The van der Waals surface area contributed by atoms with Gasteiger partial charge in [0, 0.05) is 5.69 Å². The molecule has 1 amide bonds. The second kappa shape index (κ2) is 11.5. The minimum atomic E-state index is -1.18. The van der Waals surface area contributed by atoms with Crippen LogP contribution in [0.5, 0.6) is 23.0 Å². The topological polar surface area (TPSA) is 85.3 Å². The third-order valence-corrected chi connectivity index (χ3v) is 7.10. The van der Waals surface area contributed by atoms with Crippen LogP contribution in [0.3, 0.4) is 0 Å². The number of nitrogens with zero attached hydrogens (tertiary/aromatic N) is 1. The first-order valence-corrected chi connectivity index (χ1v) is 13.0. The monoisotopic (exact) mass is 593 g/mol. The van der Waals surface area contributed by atoms with Gasteiger partial charge in [-0.2, -0.15) is 0 Å². The Morgan fingerprint density at radius 1 is 0.854 bits per heavy atom. The number of rotatable bonds is 7. The number of ether oxygens (including phenoxy) is 3. The molecule has 1 saturated heterocycles. The van der Waals surface area contributed by atoms with Gasteiger partial charge >= 0.3 is 0 Å². The lowest BCUT2D eigenvalue weighted by atomic mass is 9.94. The molecule has 0 radical (unpaired) electrons. The number of Topliss-reactive ketones (excluding diaryl/α,β-unsaturated/α-hetero) is 1. The molecular weight excluding hydrogens is 572 g/mol. The minimum absolute atomic E-state index is 0.0257. The smallest absolute Gasteiger partial charge is 0.300 e. The second-order valence-electron chi connectivity index (χ2n) is 8.92. The van der Waals surface area contributed by atoms with E-state index in [1.165, 1.54) is 38.5 Å². The number of para-hydroxylation sites is 1. The summed E-state index contributed by atoms with van der Waals surface area (Å²) < 4.78 is 30.9. The van der Waals surface area contributed by atoms with Gasteiger partial charge in [-0.15, -0.1) is 0 Å². The van der Waals surface area contributed by atoms with Crippen molar-refractivity contribution in [1.82, 2.24) is 0 Å². The number of aliphatic hydroxyl groups excluding tert-OH is 1. The minimum Gasteiger partial charge on any atom is -0.507 e. The Morgan fingerprint density at radius 2 is 1.54 bits per heavy atom. The summed E-state index contributed by atoms with van der Waals surface area (Å²) in [6.45, 7) is 0. The number of carbonyl (C=O) groups is 2. The summed E-state index contributed by atoms with van der Waals surface area (Å²) in [7, 11) is 2.68. The summed E-state index contributed by atoms with van der Waals surface area (Å²) in [4.78, 5) is 28.2. The fourth-order valence-electron chi connectivity index (χ4n) is 4.70. The van der Waals surface area contributed by atoms with E-state index in [0.717, 1.165) is 11.0 Å². The van der Waals surface area contributed by atoms with E-state index in [-0.39, 0.29) is 38.4 Å². The first kappa shape index (κ1) is 28.0. The molecule has 1 N–H and O–H groups in total. The standard InChI is InChI=1S/C31H22Cl2FNO6/c1-39-29-22(16-23(32)30(40-2)25(29)33)27(36)24-26(35(31(38)28(24)37)19-10-7-9-18(34)15-19)17-8-6-13-21(14-17)41-20-11-4-3-5-12-20/h3-16,26,36H,1-2H3/b27-24+. The predicted octanol–water partition coefficient (Wildman–Crippen LogP) is 7.57. The molecule has 0 spiro atoms. The molecule has 4 aromatic rings. The Morgan fingerprint density at radius 3 is 2.22 bits per heavy atom. The Kier molecular flexibility index (Phi) is 7.88. The van der Waals surface area contributed by atoms with Crippen LogP contribution in [-0.4, -0.2) is 31.0 Å². The van der Waals surface area contributed by atoms with Gasteiger partial charge in [-0.1, -0.05) is 59.6 Å². The van der Waals surface area contributed by atoms with Crippen LogP contribution in [-0.2, 0) is 9.59 Å². The summed E-state index contributed by atoms with van der Waals surface area (Å²) in [6.07, 6.45) is 0. The zero-order valence-electron chi connectivity index (χ0n) is 21.7. The molecule has 0 aromatic heterocycles. The molecule has 41 heavy (non-hydrogen) atoms. The van der Waals surface area contributed by atoms with Crippen molar-refractivity contribution in [3.8, 4) is 23.0 Å². The van der Waals surface area contributed by atoms with Crippen molar-refractivity contribution in [2.75, 3.05) is 19.1 Å². The van der Waals surface area contributed by atoms with Crippen LogP contribution in [0.15, 0.2) is 90.5 Å². The maximum atomic E-state index is 14.3. The van der Waals surface area contributed by atoms with E-state index in [1.807, 2.05) is 18.2 Å². The van der Waals surface area contributed by atoms with Crippen LogP contribution in [0.4, 0.5) is 10.1 Å². The molecule has 0 saturated carbocycles. The first-order chi connectivity index (χ1) is 19.7. The van der Waals surface area contributed by atoms with E-state index < -0.39 is 29.3 Å². The lowest BCUT2D eigenvalue weighted by Crippen LogP contribution is -2.29. The van der Waals surface area contributed by atoms with Crippen LogP contribution >= 0.6 is 23.2 Å². The van der Waals surface area contributed by atoms with Crippen LogP contribution in [0, 0.1) is 5.82 Å². The number of amides is 1. The van der Waals surface area contributed by atoms with E-state index in [2.05, 4.69) is 0 Å². The highest BCUT2D eigenvalue weighted by atomic mass is 35.5. The molecular formula is C31H22Cl2FNO6. The summed E-state index contributed by atoms with van der Waals surface area (Å²) in [5.41, 5.74) is 0.199. The summed E-state index contributed by atoms with van der Waals surface area (Å²) in [6, 6.07) is 21.1. The summed E-state index contributed by atoms with van der Waals surface area (Å²) in [5, 5.41) is 11.6. The van der Waals surface area contributed by atoms with Gasteiger partial charge in [-0.05, 0) is 54.1 Å². The van der Waals surface area contributed by atoms with Gasteiger partial charge in [0.15, 0.2) is 11.5 Å². The van der Waals surface area contributed by atoms with Gasteiger partial charge in [-0.3, -0.25) is 14.5 Å². The quantitative estimate of drug-likeness (QED) is 0.135. The lowest BCUT2D eigenvalue weighted by molar-refractivity contribution is -0.132. The molecule has 1 aliphatic rings. The zero-order valence-corrected chi connectivity index (χ0v) is 23.2. The molecule has 10 heteroatoms. The second-order valence-corrected chi connectivity index (χ2v) is 9.71. The molecule has 4 aromatic carbocycles. The number of anilines is 1. The maximum absolute atomic E-state index is 14.3. The Bertz CT molecular complexity index is 1690. The van der Waals surface area contributed by atoms with Gasteiger partial charge in [0.05, 0.1) is 36.4 Å². The number of halogens is 3. The third kappa shape index (κ3) is 5.19. The molecule has 1 fully saturated rings. The maximum Gasteiger partial charge on any atom is 0.300 e. The third-order valence-electron chi connectivity index (χ3n) is 6.48. The highest BCUT2D eigenvalue weighted by Crippen LogP contribution is 2.48. The van der Waals surface area contributed by atoms with Crippen LogP contribution < -0.4 is 19.1 Å². The number of carbonyl (C=O) groups excluding carboxylic acids is 2. The zero-order chi connectivity index (χ0) is 29.3. The summed E-state index contributed by atoms with van der Waals surface area (Å²) in [5.74, 6) is -2.13. The average molecular weight is 594 g/mol. The Balaban J connectivity index is 1.74. The molecule has 7 nitrogen and oxygen atoms in total. The summed E-state index contributed by atoms with van der Waals surface area (Å²) >= 11 is 12.8. The molecule has 5 rings (SSSR count). The van der Waals surface area contributed by atoms with Crippen molar-refractivity contribution < 1.29 is 33.3 Å². The van der Waals surface area contributed by atoms with E-state index in [0.29, 0.717) is 17.1 Å². The van der Waals surface area contributed by atoms with Crippen molar-refractivity contribution >= 4 is 46.3 Å². The Hall–Kier alpha value is -4.53. The largest absolute Gasteiger partial charge is 0.507 e. The molecule has 1 aliphatic heterocycles. The number of benzene rings is 4. The van der Waals surface area contributed by atoms with Crippen LogP contribution in [0.1, 0.15) is 17.2 Å². The highest BCUT2D eigenvalue weighted by Gasteiger charge is 2.47. The van der Waals surface area contributed by atoms with Crippen LogP contribution in [0.2, 0.25) is 10.0 Å². The van der Waals surface area contributed by atoms with Crippen molar-refractivity contribution in [3.63, 3.8) is 0 Å². The van der Waals surface area contributed by atoms with Crippen molar-refractivity contribution in [2.24, 2.45) is 0 Å². The van der Waals surface area contributed by atoms with Crippen molar-refractivity contribution in [1.29, 1.82) is 0 Å². The van der Waals surface area contributed by atoms with E-state index in [1.54, 1.807) is 36.4 Å². The van der Waals surface area contributed by atoms with Crippen LogP contribution in [0.25, 0.3) is 5.76 Å². The number of hydrogen-bond donors (Lipinski definition) is 1. The predicted molar refractivity (Wildman–Crippen MR) is 154 cm³/mol. The van der Waals surface area contributed by atoms with Crippen molar-refractivity contribution in [2.45, 2.75) is 6.04 Å². The molecule has 208 valence electrons. The molecule has 1 heterocycles. The number of hydrogen-bond acceptors (Lipinski definition) is 6. The molecule has 0 bridgehead atoms. The fraction of sp³-hybridized carbons (Fsp3) is 0.0968. The van der Waals surface area contributed by atoms with Gasteiger partial charge in [0.2, 0.25) is 0 Å². The van der Waals surface area contributed by atoms with Gasteiger partial charge in [-0.25, -0.2) is 4.39 Å². The normalized spacial score (nSPS) is 16.1. The highest BCUT2D eigenvalue weighted by molar-refractivity contribution is 6.52. The number of methoxy groups -OCH3 is 2. The van der Waals surface area contributed by atoms with Gasteiger partial charge in [0.25, 0.3) is 11.7 Å². The Labute approximate surface area is 244 Å². The molecule has 0 aliphatic carbocycles. The van der Waals surface area contributed by atoms with E-state index >= 15 is 0 Å². The number of ketones is 1. The average Bonchev–Trinajstić information content (AvgIpc) is 3.23. The van der Waals surface area contributed by atoms with Gasteiger partial charge < -0.3 is 19.3 Å². The SMILES string of the molecule is COc1c(Cl)cc(/C(O)=C2\C(=O)C(=O)N(c3cccc(F)c3)C2c2cccc(Oc3ccccc3)c2)c(OC)c1Cl. The van der Waals surface area contributed by atoms with E-state index in [9.17, 15) is 19.1 Å². The lowest BCUT2D eigenvalue weighted by Gasteiger charge is -2.26. The molecule has 1 unspecified atom stereocenters. The molecule has 1 atom stereocenters. The number of aliphatic hydroxyl groups is 1. The fourth-order valence-corrected chi connectivity index (χ4v) is 5.39.